The third kappa shape index (κ3) is 8.13. The Labute approximate surface area is 241 Å². The number of anilines is 2. The van der Waals surface area contributed by atoms with Gasteiger partial charge in [-0.1, -0.05) is 41.6 Å². The van der Waals surface area contributed by atoms with Gasteiger partial charge in [0.15, 0.2) is 5.82 Å². The second-order valence-electron chi connectivity index (χ2n) is 9.03. The number of alkyl halides is 6. The molecular weight excluding hydrogens is 600 g/mol. The second-order valence-corrected chi connectivity index (χ2v) is 10.7. The molecule has 4 aromatic rings. The smallest absolute Gasteiger partial charge is 0.360 e. The average Bonchev–Trinajstić information content (AvgIpc) is 3.34. The zero-order valence-electron chi connectivity index (χ0n) is 22.0. The molecule has 0 spiro atoms. The van der Waals surface area contributed by atoms with Gasteiger partial charge in [-0.2, -0.15) is 26.3 Å². The van der Waals surface area contributed by atoms with Crippen LogP contribution in [0.2, 0.25) is 0 Å². The molecule has 0 saturated heterocycles. The van der Waals surface area contributed by atoms with E-state index < -0.39 is 39.4 Å². The van der Waals surface area contributed by atoms with E-state index in [4.69, 9.17) is 4.52 Å². The molecule has 1 amide bonds. The molecule has 0 unspecified atom stereocenters. The lowest BCUT2D eigenvalue weighted by molar-refractivity contribution is -0.138. The van der Waals surface area contributed by atoms with Crippen molar-refractivity contribution in [1.82, 2.24) is 5.16 Å². The lowest BCUT2D eigenvalue weighted by atomic mass is 9.95. The fourth-order valence-electron chi connectivity index (χ4n) is 3.78. The largest absolute Gasteiger partial charge is 0.416 e. The van der Waals surface area contributed by atoms with Crippen molar-refractivity contribution in [2.45, 2.75) is 24.2 Å². The highest BCUT2D eigenvalue weighted by Crippen LogP contribution is 2.33. The number of aryl methyl sites for hydroxylation is 1. The SMILES string of the molecule is Cc1cc(NS(=O)(=O)c2ccc(NC(=O)C=CC=C(c3ccc(C(F)(F)F)cc3)c3ccc(C(F)(F)F)cc3)cc2)no1. The van der Waals surface area contributed by atoms with Gasteiger partial charge in [-0.15, -0.1) is 0 Å². The van der Waals surface area contributed by atoms with Crippen molar-refractivity contribution < 1.29 is 44.1 Å². The molecule has 0 aliphatic heterocycles. The monoisotopic (exact) mass is 621 g/mol. The second kappa shape index (κ2) is 12.2. The van der Waals surface area contributed by atoms with Crippen molar-refractivity contribution in [2.24, 2.45) is 0 Å². The Morgan fingerprint density at radius 2 is 1.33 bits per heavy atom. The van der Waals surface area contributed by atoms with Crippen LogP contribution in [0.4, 0.5) is 37.8 Å². The van der Waals surface area contributed by atoms with Crippen LogP contribution in [0, 0.1) is 6.92 Å². The number of carbonyl (C=O) groups excluding carboxylic acids is 1. The van der Waals surface area contributed by atoms with Gasteiger partial charge in [0.2, 0.25) is 5.91 Å². The van der Waals surface area contributed by atoms with E-state index in [9.17, 15) is 39.6 Å². The molecule has 0 aliphatic carbocycles. The predicted octanol–water partition coefficient (Wildman–Crippen LogP) is 7.45. The van der Waals surface area contributed by atoms with E-state index >= 15 is 0 Å². The van der Waals surface area contributed by atoms with Crippen LogP contribution in [0.5, 0.6) is 0 Å². The summed E-state index contributed by atoms with van der Waals surface area (Å²) in [4.78, 5) is 12.4. The molecule has 3 aromatic carbocycles. The van der Waals surface area contributed by atoms with E-state index in [1.807, 2.05) is 0 Å². The summed E-state index contributed by atoms with van der Waals surface area (Å²) in [5.41, 5.74) is -0.758. The highest BCUT2D eigenvalue weighted by molar-refractivity contribution is 7.92. The van der Waals surface area contributed by atoms with E-state index in [1.165, 1.54) is 66.7 Å². The van der Waals surface area contributed by atoms with Crippen LogP contribution >= 0.6 is 0 Å². The maximum atomic E-state index is 13.0. The molecule has 1 heterocycles. The first-order valence-electron chi connectivity index (χ1n) is 12.2. The predicted molar refractivity (Wildman–Crippen MR) is 146 cm³/mol. The van der Waals surface area contributed by atoms with Crippen LogP contribution in [-0.4, -0.2) is 19.5 Å². The first kappa shape index (κ1) is 31.1. The summed E-state index contributed by atoms with van der Waals surface area (Å²) >= 11 is 0. The maximum Gasteiger partial charge on any atom is 0.416 e. The minimum absolute atomic E-state index is 0.0000286. The van der Waals surface area contributed by atoms with E-state index in [2.05, 4.69) is 15.2 Å². The van der Waals surface area contributed by atoms with Gasteiger partial charge in [-0.3, -0.25) is 9.52 Å². The van der Waals surface area contributed by atoms with Gasteiger partial charge in [0, 0.05) is 17.8 Å². The highest BCUT2D eigenvalue weighted by atomic mass is 32.2. The Bertz CT molecular complexity index is 1700. The van der Waals surface area contributed by atoms with Crippen LogP contribution in [0.15, 0.2) is 107 Å². The van der Waals surface area contributed by atoms with Crippen molar-refractivity contribution in [3.63, 3.8) is 0 Å². The first-order chi connectivity index (χ1) is 20.1. The number of allylic oxidation sites excluding steroid dienone is 2. The van der Waals surface area contributed by atoms with Crippen molar-refractivity contribution in [3.8, 4) is 0 Å². The number of nitrogens with one attached hydrogen (secondary N) is 2. The van der Waals surface area contributed by atoms with E-state index in [1.54, 1.807) is 6.92 Å². The Morgan fingerprint density at radius 3 is 1.77 bits per heavy atom. The summed E-state index contributed by atoms with van der Waals surface area (Å²) in [6, 6.07) is 14.7. The molecule has 43 heavy (non-hydrogen) atoms. The van der Waals surface area contributed by atoms with Crippen LogP contribution < -0.4 is 10.0 Å². The molecule has 4 rings (SSSR count). The van der Waals surface area contributed by atoms with Crippen molar-refractivity contribution in [1.29, 1.82) is 0 Å². The molecule has 0 aliphatic rings. The standard InChI is InChI=1S/C29H21F6N3O4S/c1-18-17-26(37-42-18)38-43(40,41)24-15-13-23(14-16-24)36-27(39)4-2-3-25(19-5-9-21(10-6-19)28(30,31)32)20-7-11-22(12-8-20)29(33,34)35/h2-17H,1H3,(H,36,39)(H,37,38). The number of rotatable bonds is 8. The zero-order valence-corrected chi connectivity index (χ0v) is 22.8. The molecule has 2 N–H and O–H groups in total. The number of hydrogen-bond donors (Lipinski definition) is 2. The average molecular weight is 622 g/mol. The van der Waals surface area contributed by atoms with E-state index in [-0.39, 0.29) is 33.1 Å². The van der Waals surface area contributed by atoms with Gasteiger partial charge in [0.05, 0.1) is 16.0 Å². The summed E-state index contributed by atoms with van der Waals surface area (Å²) in [5.74, 6) is -0.230. The Balaban J connectivity index is 1.52. The number of halogens is 6. The minimum atomic E-state index is -4.58. The van der Waals surface area contributed by atoms with Crippen molar-refractivity contribution in [2.75, 3.05) is 10.0 Å². The summed E-state index contributed by atoms with van der Waals surface area (Å²) in [5, 5.41) is 6.09. The maximum absolute atomic E-state index is 13.0. The Morgan fingerprint density at radius 1 is 0.814 bits per heavy atom. The number of hydrogen-bond acceptors (Lipinski definition) is 5. The third-order valence-electron chi connectivity index (χ3n) is 5.86. The molecule has 14 heteroatoms. The molecule has 0 radical (unpaired) electrons. The minimum Gasteiger partial charge on any atom is -0.360 e. The number of amides is 1. The number of sulfonamides is 1. The number of carbonyl (C=O) groups is 1. The molecule has 0 fully saturated rings. The lowest BCUT2D eigenvalue weighted by Gasteiger charge is -2.12. The number of benzene rings is 3. The summed E-state index contributed by atoms with van der Waals surface area (Å²) in [7, 11) is -3.98. The molecule has 0 saturated carbocycles. The fraction of sp³-hybridized carbons (Fsp3) is 0.103. The van der Waals surface area contributed by atoms with Crippen LogP contribution in [0.25, 0.3) is 5.57 Å². The van der Waals surface area contributed by atoms with Crippen molar-refractivity contribution >= 4 is 33.0 Å². The molecule has 0 atom stereocenters. The third-order valence-corrected chi connectivity index (χ3v) is 7.23. The Kier molecular flexibility index (Phi) is 8.80. The molecular formula is C29H21F6N3O4S. The van der Waals surface area contributed by atoms with E-state index in [0.29, 0.717) is 5.76 Å². The highest BCUT2D eigenvalue weighted by Gasteiger charge is 2.31. The van der Waals surface area contributed by atoms with Gasteiger partial charge in [-0.05, 0) is 72.2 Å². The first-order valence-corrected chi connectivity index (χ1v) is 13.7. The normalized spacial score (nSPS) is 12.3. The van der Waals surface area contributed by atoms with Gasteiger partial charge in [0.1, 0.15) is 5.76 Å². The quantitative estimate of drug-likeness (QED) is 0.121. The van der Waals surface area contributed by atoms with Crippen LogP contribution in [0.3, 0.4) is 0 Å². The van der Waals surface area contributed by atoms with Gasteiger partial charge in [0.25, 0.3) is 10.0 Å². The van der Waals surface area contributed by atoms with Gasteiger partial charge in [-0.25, -0.2) is 8.42 Å². The molecule has 224 valence electrons. The fourth-order valence-corrected chi connectivity index (χ4v) is 4.76. The van der Waals surface area contributed by atoms with Gasteiger partial charge >= 0.3 is 12.4 Å². The lowest BCUT2D eigenvalue weighted by Crippen LogP contribution is -2.13. The molecule has 1 aromatic heterocycles. The Hall–Kier alpha value is -4.85. The van der Waals surface area contributed by atoms with Crippen LogP contribution in [0.1, 0.15) is 28.0 Å². The topological polar surface area (TPSA) is 101 Å². The molecule has 7 nitrogen and oxygen atoms in total. The zero-order chi connectivity index (χ0) is 31.4. The number of aromatic nitrogens is 1. The van der Waals surface area contributed by atoms with E-state index in [0.717, 1.165) is 30.3 Å². The summed E-state index contributed by atoms with van der Waals surface area (Å²) < 4.78 is 110. The van der Waals surface area contributed by atoms with Gasteiger partial charge < -0.3 is 9.84 Å². The summed E-state index contributed by atoms with van der Waals surface area (Å²) in [6.45, 7) is 1.59. The number of nitrogens with zero attached hydrogens (tertiary/aromatic N) is 1. The van der Waals surface area contributed by atoms with Crippen molar-refractivity contribution in [3.05, 3.63) is 125 Å². The summed E-state index contributed by atoms with van der Waals surface area (Å²) in [6.07, 6.45) is -5.42. The van der Waals surface area contributed by atoms with Crippen LogP contribution in [-0.2, 0) is 27.2 Å². The molecule has 0 bridgehead atoms.